The molecule has 0 unspecified atom stereocenters. The van der Waals surface area contributed by atoms with Crippen LogP contribution in [0.4, 0.5) is 5.69 Å². The van der Waals surface area contributed by atoms with E-state index in [0.717, 1.165) is 17.7 Å². The molecule has 0 spiro atoms. The smallest absolute Gasteiger partial charge is 0.328 e. The molecule has 3 nitrogen and oxygen atoms in total. The zero-order valence-electron chi connectivity index (χ0n) is 8.42. The molecule has 0 aromatic heterocycles. The van der Waals surface area contributed by atoms with Crippen molar-refractivity contribution in [3.63, 3.8) is 0 Å². The summed E-state index contributed by atoms with van der Waals surface area (Å²) in [6, 6.07) is 5.94. The lowest BCUT2D eigenvalue weighted by Crippen LogP contribution is -2.24. The topological polar surface area (TPSA) is 38.3 Å². The Kier molecular flexibility index (Phi) is 3.14. The van der Waals surface area contributed by atoms with Crippen LogP contribution in [0.5, 0.6) is 0 Å². The minimum atomic E-state index is -0.177. The predicted octanol–water partition coefficient (Wildman–Crippen LogP) is 2.33. The second-order valence-electron chi connectivity index (χ2n) is 3.61. The van der Waals surface area contributed by atoms with Crippen LogP contribution in [-0.4, -0.2) is 18.6 Å². The van der Waals surface area contributed by atoms with E-state index in [0.29, 0.717) is 6.61 Å². The van der Waals surface area contributed by atoms with Crippen molar-refractivity contribution in [3.8, 4) is 0 Å². The molecule has 80 valence electrons. The van der Waals surface area contributed by atoms with Gasteiger partial charge in [-0.1, -0.05) is 0 Å². The van der Waals surface area contributed by atoms with Crippen molar-refractivity contribution in [2.45, 2.75) is 19.4 Å². The van der Waals surface area contributed by atoms with Crippen LogP contribution in [0.15, 0.2) is 18.2 Å². The summed E-state index contributed by atoms with van der Waals surface area (Å²) in [5.41, 5.74) is 2.17. The minimum Gasteiger partial charge on any atom is -0.464 e. The number of carbonyl (C=O) groups excluding carboxylic acids is 1. The predicted molar refractivity (Wildman–Crippen MR) is 66.9 cm³/mol. The summed E-state index contributed by atoms with van der Waals surface area (Å²) in [5.74, 6) is -0.145. The molecule has 1 N–H and O–H groups in total. The molecule has 0 saturated carbocycles. The average molecular weight is 317 g/mol. The number of carbonyl (C=O) groups is 1. The number of nitrogens with one attached hydrogen (secondary N) is 1. The highest BCUT2D eigenvalue weighted by Gasteiger charge is 2.26. The molecule has 1 aliphatic heterocycles. The Morgan fingerprint density at radius 2 is 2.33 bits per heavy atom. The second-order valence-corrected chi connectivity index (χ2v) is 4.86. The minimum absolute atomic E-state index is 0.145. The Hall–Kier alpha value is -0.780. The molecule has 1 aromatic rings. The van der Waals surface area contributed by atoms with Gasteiger partial charge in [-0.05, 0) is 53.3 Å². The Balaban J connectivity index is 2.13. The van der Waals surface area contributed by atoms with Crippen LogP contribution < -0.4 is 5.32 Å². The Morgan fingerprint density at radius 1 is 1.53 bits per heavy atom. The highest BCUT2D eigenvalue weighted by atomic mass is 127. The van der Waals surface area contributed by atoms with Gasteiger partial charge in [-0.2, -0.15) is 0 Å². The fraction of sp³-hybridized carbons (Fsp3) is 0.364. The monoisotopic (exact) mass is 317 g/mol. The van der Waals surface area contributed by atoms with Gasteiger partial charge in [0.2, 0.25) is 0 Å². The van der Waals surface area contributed by atoms with Crippen molar-refractivity contribution in [2.24, 2.45) is 0 Å². The van der Waals surface area contributed by atoms with Gasteiger partial charge in [-0.3, -0.25) is 0 Å². The van der Waals surface area contributed by atoms with Gasteiger partial charge >= 0.3 is 5.97 Å². The molecule has 0 bridgehead atoms. The lowest BCUT2D eigenvalue weighted by Gasteiger charge is -2.12. The molecule has 0 aliphatic carbocycles. The lowest BCUT2D eigenvalue weighted by molar-refractivity contribution is -0.138. The van der Waals surface area contributed by atoms with Crippen LogP contribution in [0.25, 0.3) is 0 Å². The summed E-state index contributed by atoms with van der Waals surface area (Å²) in [4.78, 5) is 11.3. The van der Waals surface area contributed by atoms with Crippen LogP contribution in [0.1, 0.15) is 12.0 Å². The van der Waals surface area contributed by atoms with Crippen molar-refractivity contribution in [2.75, 3.05) is 11.9 Å². The molecule has 2 rings (SSSR count). The molecule has 1 heterocycles. The van der Waals surface area contributed by atoms with Crippen LogP contribution in [0, 0.1) is 10.5 Å². The standard InChI is InChI=1S/C11H12INO2/c1-7-6-8(12)2-3-9(7)13-10-4-5-15-11(10)14/h2-3,6,10,13H,4-5H2,1H3/t10-/m1/s1. The Bertz CT molecular complexity index is 392. The number of hydrogen-bond donors (Lipinski definition) is 1. The molecule has 1 saturated heterocycles. The van der Waals surface area contributed by atoms with Gasteiger partial charge in [0.25, 0.3) is 0 Å². The molecule has 0 radical (unpaired) electrons. The Morgan fingerprint density at radius 3 is 2.93 bits per heavy atom. The molecule has 15 heavy (non-hydrogen) atoms. The van der Waals surface area contributed by atoms with Gasteiger partial charge in [-0.25, -0.2) is 4.79 Å². The molecular formula is C11H12INO2. The Labute approximate surface area is 102 Å². The summed E-state index contributed by atoms with van der Waals surface area (Å²) >= 11 is 2.27. The third-order valence-corrected chi connectivity index (χ3v) is 3.12. The van der Waals surface area contributed by atoms with Crippen LogP contribution in [-0.2, 0) is 9.53 Å². The number of hydrogen-bond acceptors (Lipinski definition) is 3. The number of aryl methyl sites for hydroxylation is 1. The van der Waals surface area contributed by atoms with Crippen LogP contribution in [0.3, 0.4) is 0 Å². The molecule has 1 fully saturated rings. The number of anilines is 1. The summed E-state index contributed by atoms with van der Waals surface area (Å²) in [6.07, 6.45) is 0.754. The maximum absolute atomic E-state index is 11.3. The quantitative estimate of drug-likeness (QED) is 0.672. The summed E-state index contributed by atoms with van der Waals surface area (Å²) < 4.78 is 6.10. The zero-order valence-corrected chi connectivity index (χ0v) is 10.6. The van der Waals surface area contributed by atoms with E-state index < -0.39 is 0 Å². The van der Waals surface area contributed by atoms with Gasteiger partial charge in [0, 0.05) is 15.7 Å². The molecule has 1 aromatic carbocycles. The summed E-state index contributed by atoms with van der Waals surface area (Å²) in [7, 11) is 0. The van der Waals surface area contributed by atoms with Gasteiger partial charge in [0.1, 0.15) is 6.04 Å². The fourth-order valence-electron chi connectivity index (χ4n) is 1.60. The number of rotatable bonds is 2. The highest BCUT2D eigenvalue weighted by molar-refractivity contribution is 14.1. The van der Waals surface area contributed by atoms with E-state index in [1.807, 2.05) is 19.1 Å². The van der Waals surface area contributed by atoms with Gasteiger partial charge in [0.15, 0.2) is 0 Å². The third kappa shape index (κ3) is 2.42. The van der Waals surface area contributed by atoms with E-state index in [9.17, 15) is 4.79 Å². The van der Waals surface area contributed by atoms with E-state index in [-0.39, 0.29) is 12.0 Å². The second kappa shape index (κ2) is 4.38. The molecule has 0 amide bonds. The molecule has 4 heteroatoms. The number of benzene rings is 1. The first-order chi connectivity index (χ1) is 7.16. The van der Waals surface area contributed by atoms with E-state index in [2.05, 4.69) is 34.0 Å². The largest absolute Gasteiger partial charge is 0.464 e. The van der Waals surface area contributed by atoms with Crippen molar-refractivity contribution >= 4 is 34.2 Å². The highest BCUT2D eigenvalue weighted by Crippen LogP contribution is 2.20. The van der Waals surface area contributed by atoms with Crippen LogP contribution in [0.2, 0.25) is 0 Å². The number of esters is 1. The summed E-state index contributed by atoms with van der Waals surface area (Å²) in [5, 5.41) is 3.21. The molecule has 1 atom stereocenters. The average Bonchev–Trinajstić information content (AvgIpc) is 2.57. The van der Waals surface area contributed by atoms with E-state index in [4.69, 9.17) is 4.74 Å². The van der Waals surface area contributed by atoms with Crippen molar-refractivity contribution in [1.29, 1.82) is 0 Å². The zero-order chi connectivity index (χ0) is 10.8. The SMILES string of the molecule is Cc1cc(I)ccc1N[C@@H]1CCOC1=O. The van der Waals surface area contributed by atoms with Crippen LogP contribution >= 0.6 is 22.6 Å². The van der Waals surface area contributed by atoms with E-state index in [1.165, 1.54) is 3.57 Å². The van der Waals surface area contributed by atoms with Crippen molar-refractivity contribution in [1.82, 2.24) is 0 Å². The van der Waals surface area contributed by atoms with E-state index in [1.54, 1.807) is 0 Å². The third-order valence-electron chi connectivity index (χ3n) is 2.45. The van der Waals surface area contributed by atoms with Crippen molar-refractivity contribution < 1.29 is 9.53 Å². The van der Waals surface area contributed by atoms with E-state index >= 15 is 0 Å². The number of halogens is 1. The summed E-state index contributed by atoms with van der Waals surface area (Å²) in [6.45, 7) is 2.56. The van der Waals surface area contributed by atoms with Gasteiger partial charge in [-0.15, -0.1) is 0 Å². The van der Waals surface area contributed by atoms with Crippen molar-refractivity contribution in [3.05, 3.63) is 27.3 Å². The molecular weight excluding hydrogens is 305 g/mol. The fourth-order valence-corrected chi connectivity index (χ4v) is 2.25. The maximum atomic E-state index is 11.3. The van der Waals surface area contributed by atoms with Gasteiger partial charge < -0.3 is 10.1 Å². The maximum Gasteiger partial charge on any atom is 0.328 e. The first-order valence-corrected chi connectivity index (χ1v) is 5.94. The number of ether oxygens (including phenoxy) is 1. The van der Waals surface area contributed by atoms with Gasteiger partial charge in [0.05, 0.1) is 6.61 Å². The molecule has 1 aliphatic rings. The first-order valence-electron chi connectivity index (χ1n) is 4.86. The first kappa shape index (κ1) is 10.7. The number of cyclic esters (lactones) is 1. The normalized spacial score (nSPS) is 20.1. The lowest BCUT2D eigenvalue weighted by atomic mass is 10.1.